The molecule has 0 saturated carbocycles. The van der Waals surface area contributed by atoms with Gasteiger partial charge in [0.15, 0.2) is 11.5 Å². The number of hydrogen-bond acceptors (Lipinski definition) is 4. The van der Waals surface area contributed by atoms with Crippen molar-refractivity contribution in [2.45, 2.75) is 13.3 Å². The second-order valence-electron chi connectivity index (χ2n) is 5.43. The van der Waals surface area contributed by atoms with Crippen LogP contribution in [0.3, 0.4) is 0 Å². The number of anilines is 2. The molecule has 0 aliphatic rings. The molecule has 3 aromatic rings. The Labute approximate surface area is 141 Å². The van der Waals surface area contributed by atoms with Gasteiger partial charge in [0.1, 0.15) is 0 Å². The molecule has 0 amide bonds. The molecule has 5 heteroatoms. The van der Waals surface area contributed by atoms with E-state index in [-0.39, 0.29) is 0 Å². The maximum absolute atomic E-state index is 4.74. The van der Waals surface area contributed by atoms with E-state index >= 15 is 0 Å². The van der Waals surface area contributed by atoms with Crippen molar-refractivity contribution in [3.63, 3.8) is 0 Å². The molecule has 3 rings (SSSR count). The van der Waals surface area contributed by atoms with Crippen LogP contribution in [0.2, 0.25) is 0 Å². The van der Waals surface area contributed by atoms with Gasteiger partial charge in [-0.25, -0.2) is 9.97 Å². The molecule has 1 aromatic carbocycles. The van der Waals surface area contributed by atoms with E-state index in [1.165, 1.54) is 0 Å². The van der Waals surface area contributed by atoms with E-state index in [1.54, 1.807) is 12.4 Å². The minimum atomic E-state index is 0.773. The van der Waals surface area contributed by atoms with Crippen LogP contribution in [0, 0.1) is 0 Å². The van der Waals surface area contributed by atoms with E-state index in [0.29, 0.717) is 0 Å². The molecule has 0 saturated heterocycles. The van der Waals surface area contributed by atoms with Crippen LogP contribution in [0.1, 0.15) is 24.6 Å². The van der Waals surface area contributed by atoms with Gasteiger partial charge in [-0.2, -0.15) is 0 Å². The van der Waals surface area contributed by atoms with E-state index in [1.807, 2.05) is 41.1 Å². The lowest BCUT2D eigenvalue weighted by Crippen LogP contribution is -2.07. The van der Waals surface area contributed by atoms with Crippen LogP contribution in [-0.4, -0.2) is 20.9 Å². The molecule has 0 radical (unpaired) electrons. The minimum Gasteiger partial charge on any atom is -0.367 e. The summed E-state index contributed by atoms with van der Waals surface area (Å²) in [6, 6.07) is 7.98. The largest absolute Gasteiger partial charge is 0.367 e. The summed E-state index contributed by atoms with van der Waals surface area (Å²) in [7, 11) is 0. The van der Waals surface area contributed by atoms with Crippen LogP contribution < -0.4 is 10.6 Å². The van der Waals surface area contributed by atoms with Crippen molar-refractivity contribution in [3.05, 3.63) is 73.5 Å². The molecule has 122 valence electrons. The van der Waals surface area contributed by atoms with Gasteiger partial charge in [0, 0.05) is 42.0 Å². The summed E-state index contributed by atoms with van der Waals surface area (Å²) in [6.07, 6.45) is 8.32. The normalized spacial score (nSPS) is 10.5. The summed E-state index contributed by atoms with van der Waals surface area (Å²) in [5, 5.41) is 6.49. The fourth-order valence-electron chi connectivity index (χ4n) is 2.56. The first-order valence-corrected chi connectivity index (χ1v) is 7.98. The number of nitrogens with one attached hydrogen (secondary N) is 2. The topological polar surface area (TPSA) is 54.2 Å². The Kier molecular flexibility index (Phi) is 4.61. The van der Waals surface area contributed by atoms with Crippen molar-refractivity contribution >= 4 is 22.7 Å². The van der Waals surface area contributed by atoms with Gasteiger partial charge >= 0.3 is 0 Å². The molecule has 0 bridgehead atoms. The summed E-state index contributed by atoms with van der Waals surface area (Å²) in [5.41, 5.74) is 4.41. The Bertz CT molecular complexity index is 878. The van der Waals surface area contributed by atoms with Crippen molar-refractivity contribution in [1.29, 1.82) is 0 Å². The first kappa shape index (κ1) is 15.8. The van der Waals surface area contributed by atoms with Crippen LogP contribution in [0.25, 0.3) is 11.2 Å². The maximum atomic E-state index is 4.74. The Morgan fingerprint density at radius 1 is 1.33 bits per heavy atom. The number of imidazole rings is 1. The van der Waals surface area contributed by atoms with Crippen LogP contribution in [0.5, 0.6) is 0 Å². The van der Waals surface area contributed by atoms with E-state index < -0.39 is 0 Å². The summed E-state index contributed by atoms with van der Waals surface area (Å²) >= 11 is 0. The number of hydrogen-bond donors (Lipinski definition) is 2. The van der Waals surface area contributed by atoms with Gasteiger partial charge in [-0.1, -0.05) is 38.3 Å². The van der Waals surface area contributed by atoms with Crippen LogP contribution in [0.4, 0.5) is 11.5 Å². The number of benzene rings is 1. The fraction of sp³-hybridized carbons (Fsp3) is 0.158. The molecule has 2 N–H and O–H groups in total. The van der Waals surface area contributed by atoms with Gasteiger partial charge in [-0.3, -0.25) is 0 Å². The fourth-order valence-corrected chi connectivity index (χ4v) is 2.56. The van der Waals surface area contributed by atoms with Crippen LogP contribution in [0.15, 0.2) is 62.2 Å². The van der Waals surface area contributed by atoms with Gasteiger partial charge in [-0.05, 0) is 18.7 Å². The highest BCUT2D eigenvalue weighted by Crippen LogP contribution is 2.28. The molecule has 0 aliphatic heterocycles. The van der Waals surface area contributed by atoms with E-state index in [2.05, 4.69) is 35.7 Å². The third kappa shape index (κ3) is 3.01. The molecule has 0 atom stereocenters. The molecule has 0 aliphatic carbocycles. The lowest BCUT2D eigenvalue weighted by molar-refractivity contribution is 0.962. The molecular weight excluding hydrogens is 298 g/mol. The lowest BCUT2D eigenvalue weighted by atomic mass is 10.0. The van der Waals surface area contributed by atoms with Gasteiger partial charge in [0.05, 0.1) is 5.69 Å². The van der Waals surface area contributed by atoms with Crippen molar-refractivity contribution in [2.75, 3.05) is 17.2 Å². The molecule has 0 spiro atoms. The highest BCUT2D eigenvalue weighted by molar-refractivity contribution is 5.84. The molecule has 24 heavy (non-hydrogen) atoms. The van der Waals surface area contributed by atoms with Crippen molar-refractivity contribution in [1.82, 2.24) is 14.4 Å². The van der Waals surface area contributed by atoms with Gasteiger partial charge in [0.2, 0.25) is 0 Å². The summed E-state index contributed by atoms with van der Waals surface area (Å²) in [6.45, 7) is 11.0. The Hall–Kier alpha value is -3.08. The predicted octanol–water partition coefficient (Wildman–Crippen LogP) is 4.17. The third-order valence-corrected chi connectivity index (χ3v) is 3.74. The lowest BCUT2D eigenvalue weighted by Gasteiger charge is -2.14. The summed E-state index contributed by atoms with van der Waals surface area (Å²) < 4.78 is 1.97. The van der Waals surface area contributed by atoms with Crippen LogP contribution >= 0.6 is 0 Å². The summed E-state index contributed by atoms with van der Waals surface area (Å²) in [5.74, 6) is 0.773. The molecular formula is C19H21N5. The van der Waals surface area contributed by atoms with Gasteiger partial charge in [-0.15, -0.1) is 0 Å². The highest BCUT2D eigenvalue weighted by Gasteiger charge is 2.12. The number of nitrogens with zero attached hydrogens (tertiary/aromatic N) is 3. The average Bonchev–Trinajstić information content (AvgIpc) is 3.08. The van der Waals surface area contributed by atoms with Gasteiger partial charge in [0.25, 0.3) is 0 Å². The monoisotopic (exact) mass is 319 g/mol. The zero-order valence-corrected chi connectivity index (χ0v) is 13.8. The minimum absolute atomic E-state index is 0.773. The Morgan fingerprint density at radius 2 is 2.17 bits per heavy atom. The zero-order valence-electron chi connectivity index (χ0n) is 13.8. The van der Waals surface area contributed by atoms with Crippen molar-refractivity contribution < 1.29 is 0 Å². The predicted molar refractivity (Wildman–Crippen MR) is 100 cm³/mol. The zero-order chi connectivity index (χ0) is 16.9. The second kappa shape index (κ2) is 7.00. The molecule has 0 fully saturated rings. The maximum Gasteiger partial charge on any atom is 0.180 e. The van der Waals surface area contributed by atoms with E-state index in [0.717, 1.165) is 46.9 Å². The Balaban J connectivity index is 2.05. The highest BCUT2D eigenvalue weighted by atomic mass is 15.1. The molecule has 5 nitrogen and oxygen atoms in total. The first-order chi connectivity index (χ1) is 11.7. The number of rotatable bonds is 7. The molecule has 2 aromatic heterocycles. The smallest absolute Gasteiger partial charge is 0.180 e. The van der Waals surface area contributed by atoms with Gasteiger partial charge < -0.3 is 15.0 Å². The standard InChI is InChI=1S/C19H21N5/c1-4-10-21-18-19-22-11-12-24(19)13-17(23-18)14(3)15-8-6-7-9-16(15)20-5-2/h5-9,11-13,20H,2-4,10H2,1H3,(H,21,23). The first-order valence-electron chi connectivity index (χ1n) is 7.98. The number of para-hydroxylation sites is 1. The average molecular weight is 319 g/mol. The quantitative estimate of drug-likeness (QED) is 0.686. The molecule has 2 heterocycles. The summed E-state index contributed by atoms with van der Waals surface area (Å²) in [4.78, 5) is 9.12. The van der Waals surface area contributed by atoms with Crippen molar-refractivity contribution in [2.24, 2.45) is 0 Å². The number of fused-ring (bicyclic) bond motifs is 1. The van der Waals surface area contributed by atoms with Crippen molar-refractivity contribution in [3.8, 4) is 0 Å². The SMILES string of the molecule is C=CNc1ccccc1C(=C)c1cn2ccnc2c(NCCC)n1. The molecule has 0 unspecified atom stereocenters. The second-order valence-corrected chi connectivity index (χ2v) is 5.43. The third-order valence-electron chi connectivity index (χ3n) is 3.74. The van der Waals surface area contributed by atoms with E-state index in [9.17, 15) is 0 Å². The van der Waals surface area contributed by atoms with Crippen LogP contribution in [-0.2, 0) is 0 Å². The van der Waals surface area contributed by atoms with E-state index in [4.69, 9.17) is 4.98 Å². The Morgan fingerprint density at radius 3 is 2.96 bits per heavy atom. The number of aromatic nitrogens is 3.